The van der Waals surface area contributed by atoms with Crippen molar-refractivity contribution in [3.63, 3.8) is 0 Å². The molecule has 0 N–H and O–H groups in total. The molecule has 12 rings (SSSR count). The summed E-state index contributed by atoms with van der Waals surface area (Å²) in [4.78, 5) is 5.65. The van der Waals surface area contributed by atoms with Crippen LogP contribution < -0.4 is 14.5 Å². The van der Waals surface area contributed by atoms with Crippen molar-refractivity contribution >= 4 is 11.4 Å². The van der Waals surface area contributed by atoms with Crippen molar-refractivity contribution in [1.82, 2.24) is 0 Å². The fraction of sp³-hybridized carbons (Fsp3) is 0.429. The Bertz CT molecular complexity index is 2070. The first kappa shape index (κ1) is 31.1. The number of hydrogen-bond acceptors (Lipinski definition) is 4. The molecule has 0 aromatic heterocycles. The Morgan fingerprint density at radius 2 is 1.38 bits per heavy atom. The van der Waals surface area contributed by atoms with Gasteiger partial charge in [-0.25, -0.2) is 0 Å². The maximum absolute atomic E-state index is 7.96. The van der Waals surface area contributed by atoms with Gasteiger partial charge in [-0.15, -0.1) is 0 Å². The molecule has 0 radical (unpaired) electrons. The maximum atomic E-state index is 7.96. The topological polar surface area (TPSA) is 24.9 Å². The Hall–Kier alpha value is -4.28. The molecule has 4 heteroatoms. The van der Waals surface area contributed by atoms with E-state index in [1.54, 1.807) is 0 Å². The van der Waals surface area contributed by atoms with E-state index < -0.39 is 0 Å². The van der Waals surface area contributed by atoms with Crippen LogP contribution in [0.5, 0.6) is 5.75 Å². The number of ether oxygens (including phenoxy) is 2. The first-order valence-corrected chi connectivity index (χ1v) is 20.8. The summed E-state index contributed by atoms with van der Waals surface area (Å²) in [6, 6.07) is 18.0. The highest BCUT2D eigenvalue weighted by atomic mass is 16.5. The number of para-hydroxylation sites is 2. The molecule has 6 aliphatic carbocycles. The van der Waals surface area contributed by atoms with E-state index in [-0.39, 0.29) is 35.7 Å². The van der Waals surface area contributed by atoms with Crippen molar-refractivity contribution in [3.8, 4) is 5.75 Å². The second kappa shape index (κ2) is 11.9. The average molecular weight is 699 g/mol. The first-order valence-electron chi connectivity index (χ1n) is 20.8. The van der Waals surface area contributed by atoms with Crippen LogP contribution in [0.4, 0.5) is 11.4 Å². The van der Waals surface area contributed by atoms with Crippen LogP contribution in [0.3, 0.4) is 0 Å². The second-order valence-electron chi connectivity index (χ2n) is 17.4. The molecule has 3 fully saturated rings. The van der Waals surface area contributed by atoms with E-state index in [1.807, 2.05) is 0 Å². The summed E-state index contributed by atoms with van der Waals surface area (Å²) < 4.78 is 15.1. The molecule has 10 aliphatic rings. The van der Waals surface area contributed by atoms with Crippen LogP contribution in [0, 0.1) is 29.6 Å². The summed E-state index contributed by atoms with van der Waals surface area (Å²) in [5.41, 5.74) is 5.54. The fourth-order valence-corrected chi connectivity index (χ4v) is 13.6. The molecular formula is C49H50N2O2. The van der Waals surface area contributed by atoms with Crippen LogP contribution >= 0.6 is 0 Å². The lowest BCUT2D eigenvalue weighted by atomic mass is 9.46. The van der Waals surface area contributed by atoms with Gasteiger partial charge in [-0.05, 0) is 62.1 Å². The summed E-state index contributed by atoms with van der Waals surface area (Å²) in [7, 11) is 0. The van der Waals surface area contributed by atoms with Gasteiger partial charge in [0.15, 0.2) is 0 Å². The SMILES string of the molecule is C1=CC2OC3C=CCCC3C3(c4cccc(N5C6C=CC=CC6C6C=CCCC65)c4OC4C(N5c6ccccc6C6C=CC=CC65)CCCC43)C2C=C1. The van der Waals surface area contributed by atoms with Crippen LogP contribution in [0.2, 0.25) is 0 Å². The van der Waals surface area contributed by atoms with Crippen molar-refractivity contribution in [2.45, 2.75) is 98.8 Å². The normalized spacial score (nSPS) is 43.0. The predicted molar refractivity (Wildman–Crippen MR) is 213 cm³/mol. The van der Waals surface area contributed by atoms with Gasteiger partial charge in [0, 0.05) is 52.3 Å². The molecule has 14 unspecified atom stereocenters. The molecule has 0 amide bonds. The monoisotopic (exact) mass is 698 g/mol. The third-order valence-electron chi connectivity index (χ3n) is 15.4. The van der Waals surface area contributed by atoms with E-state index in [1.165, 1.54) is 47.5 Å². The lowest BCUT2D eigenvalue weighted by molar-refractivity contribution is -0.159. The molecule has 4 nitrogen and oxygen atoms in total. The first-order chi connectivity index (χ1) is 26.3. The molecule has 4 aliphatic heterocycles. The summed E-state index contributed by atoms with van der Waals surface area (Å²) in [5.74, 6) is 3.59. The predicted octanol–water partition coefficient (Wildman–Crippen LogP) is 9.69. The number of nitrogens with zero attached hydrogens (tertiary/aromatic N) is 2. The van der Waals surface area contributed by atoms with E-state index >= 15 is 0 Å². The highest BCUT2D eigenvalue weighted by Crippen LogP contribution is 2.66. The number of anilines is 2. The minimum absolute atomic E-state index is 0.0541. The number of hydrogen-bond donors (Lipinski definition) is 0. The minimum atomic E-state index is -0.110. The van der Waals surface area contributed by atoms with Crippen molar-refractivity contribution in [1.29, 1.82) is 0 Å². The molecule has 1 spiro atoms. The van der Waals surface area contributed by atoms with Gasteiger partial charge in [0.05, 0.1) is 36.0 Å². The average Bonchev–Trinajstić information content (AvgIpc) is 3.73. The number of benzene rings is 2. The van der Waals surface area contributed by atoms with E-state index in [2.05, 4.69) is 149 Å². The van der Waals surface area contributed by atoms with Crippen molar-refractivity contribution in [2.75, 3.05) is 9.80 Å². The zero-order valence-corrected chi connectivity index (χ0v) is 30.4. The van der Waals surface area contributed by atoms with Gasteiger partial charge in [0.25, 0.3) is 0 Å². The molecule has 14 atom stereocenters. The number of rotatable bonds is 2. The molecule has 1 saturated carbocycles. The Balaban J connectivity index is 1.08. The Labute approximate surface area is 314 Å². The molecule has 4 heterocycles. The van der Waals surface area contributed by atoms with Crippen molar-refractivity contribution in [2.24, 2.45) is 29.6 Å². The largest absolute Gasteiger partial charge is 0.485 e. The lowest BCUT2D eigenvalue weighted by Gasteiger charge is -2.64. The number of allylic oxidation sites excluding steroid dienone is 8. The summed E-state index contributed by atoms with van der Waals surface area (Å²) in [5, 5.41) is 0. The summed E-state index contributed by atoms with van der Waals surface area (Å²) in [6.07, 6.45) is 46.6. The van der Waals surface area contributed by atoms with Crippen molar-refractivity contribution < 1.29 is 9.47 Å². The Morgan fingerprint density at radius 3 is 2.36 bits per heavy atom. The highest BCUT2D eigenvalue weighted by Gasteiger charge is 2.66. The highest BCUT2D eigenvalue weighted by molar-refractivity contribution is 5.70. The molecule has 2 aromatic carbocycles. The molecule has 2 saturated heterocycles. The quantitative estimate of drug-likeness (QED) is 0.292. The summed E-state index contributed by atoms with van der Waals surface area (Å²) >= 11 is 0. The van der Waals surface area contributed by atoms with Gasteiger partial charge in [-0.1, -0.05) is 134 Å². The Morgan fingerprint density at radius 1 is 0.585 bits per heavy atom. The van der Waals surface area contributed by atoms with Crippen LogP contribution in [0.25, 0.3) is 0 Å². The van der Waals surface area contributed by atoms with E-state index in [0.717, 1.165) is 25.7 Å². The standard InChI is InChI=1S/C49H50N2O2/c1-7-23-39-31(15-1)32-16-2-8-24-40(32)50(39)43-27-13-21-37-47(43)53-48-38(49(37)35-19-5-11-29-45(35)52-46-30-12-6-20-36(46)49)22-14-28-44(48)51-41-25-9-3-17-33(41)34-18-4-10-26-42(34)51/h1-5,7-9,11-12,14-19,22-25,28-31,33-37,39,41-43,45-47H,6,10,13,20-21,26-27H2. The third-order valence-corrected chi connectivity index (χ3v) is 15.4. The molecular weight excluding hydrogens is 649 g/mol. The van der Waals surface area contributed by atoms with Gasteiger partial charge in [-0.3, -0.25) is 0 Å². The van der Waals surface area contributed by atoms with Gasteiger partial charge in [0.1, 0.15) is 11.9 Å². The van der Waals surface area contributed by atoms with Gasteiger partial charge in [-0.2, -0.15) is 0 Å². The van der Waals surface area contributed by atoms with E-state index in [9.17, 15) is 0 Å². The van der Waals surface area contributed by atoms with Gasteiger partial charge in [0.2, 0.25) is 0 Å². The van der Waals surface area contributed by atoms with E-state index in [0.29, 0.717) is 47.7 Å². The van der Waals surface area contributed by atoms with Gasteiger partial charge >= 0.3 is 0 Å². The number of fused-ring (bicyclic) bond motifs is 14. The van der Waals surface area contributed by atoms with Crippen LogP contribution in [-0.2, 0) is 10.2 Å². The van der Waals surface area contributed by atoms with Crippen molar-refractivity contribution in [3.05, 3.63) is 151 Å². The lowest BCUT2D eigenvalue weighted by Crippen LogP contribution is -2.68. The second-order valence-corrected chi connectivity index (χ2v) is 17.4. The van der Waals surface area contributed by atoms with Crippen LogP contribution in [0.15, 0.2) is 140 Å². The molecule has 268 valence electrons. The zero-order chi connectivity index (χ0) is 34.7. The zero-order valence-electron chi connectivity index (χ0n) is 30.4. The van der Waals surface area contributed by atoms with Gasteiger partial charge < -0.3 is 19.3 Å². The maximum Gasteiger partial charge on any atom is 0.146 e. The molecule has 2 aromatic rings. The van der Waals surface area contributed by atoms with E-state index in [4.69, 9.17) is 9.47 Å². The third kappa shape index (κ3) is 4.22. The smallest absolute Gasteiger partial charge is 0.146 e. The molecule has 53 heavy (non-hydrogen) atoms. The van der Waals surface area contributed by atoms with Crippen LogP contribution in [-0.4, -0.2) is 42.5 Å². The summed E-state index contributed by atoms with van der Waals surface area (Å²) in [6.45, 7) is 0. The fourth-order valence-electron chi connectivity index (χ4n) is 13.6. The molecule has 0 bridgehead atoms. The Kier molecular flexibility index (Phi) is 6.96. The van der Waals surface area contributed by atoms with Crippen LogP contribution in [0.1, 0.15) is 62.0 Å². The minimum Gasteiger partial charge on any atom is -0.485 e.